The molecule has 1 aromatic rings. The minimum Gasteiger partial charge on any atom is -0.508 e. The molecular weight excluding hydrogens is 176 g/mol. The van der Waals surface area contributed by atoms with Crippen molar-refractivity contribution >= 4 is 0 Å². The first kappa shape index (κ1) is 11.7. The van der Waals surface area contributed by atoms with E-state index in [9.17, 15) is 0 Å². The second-order valence-corrected chi connectivity index (χ2v) is 2.18. The summed E-state index contributed by atoms with van der Waals surface area (Å²) in [5.74, 6) is 0.339. The van der Waals surface area contributed by atoms with Crippen LogP contribution in [0.15, 0.2) is 24.3 Å². The Balaban J connectivity index is 0.000000252. The molecule has 0 aliphatic rings. The summed E-state index contributed by atoms with van der Waals surface area (Å²) in [5, 5.41) is 40.3. The number of benzene rings is 1. The number of aliphatic hydroxyl groups is 3. The zero-order valence-corrected chi connectivity index (χ0v) is 6.83. The highest BCUT2D eigenvalue weighted by Crippen LogP contribution is 2.13. The summed E-state index contributed by atoms with van der Waals surface area (Å²) in [5.41, 5.74) is 0. The number of phenols is 2. The highest BCUT2D eigenvalue weighted by atomic mass is 16.5. The van der Waals surface area contributed by atoms with Crippen LogP contribution in [0.1, 0.15) is 0 Å². The number of phenolic OH excluding ortho intramolecular Hbond substituents is 2. The molecule has 0 aliphatic carbocycles. The number of rotatable bonds is 1. The molecule has 0 spiro atoms. The van der Waals surface area contributed by atoms with E-state index in [0.29, 0.717) is 0 Å². The largest absolute Gasteiger partial charge is 0.508 e. The number of hydrogen-bond acceptors (Lipinski definition) is 5. The van der Waals surface area contributed by atoms with Crippen LogP contribution in [0.5, 0.6) is 11.5 Å². The van der Waals surface area contributed by atoms with Gasteiger partial charge in [0.05, 0.1) is 6.61 Å². The first-order chi connectivity index (χ1) is 6.06. The SMILES string of the molecule is OCC(O)O.Oc1ccc(O)cc1. The molecule has 1 aromatic carbocycles. The molecule has 0 heterocycles. The van der Waals surface area contributed by atoms with E-state index in [-0.39, 0.29) is 11.5 Å². The van der Waals surface area contributed by atoms with Gasteiger partial charge in [0.2, 0.25) is 0 Å². The zero-order chi connectivity index (χ0) is 10.3. The minimum atomic E-state index is -1.56. The van der Waals surface area contributed by atoms with Crippen molar-refractivity contribution in [2.24, 2.45) is 0 Å². The van der Waals surface area contributed by atoms with Crippen LogP contribution in [0, 0.1) is 0 Å². The molecule has 0 unspecified atom stereocenters. The van der Waals surface area contributed by atoms with Crippen molar-refractivity contribution in [3.05, 3.63) is 24.3 Å². The van der Waals surface area contributed by atoms with E-state index in [1.807, 2.05) is 0 Å². The van der Waals surface area contributed by atoms with E-state index in [2.05, 4.69) is 0 Å². The Labute approximate surface area is 75.1 Å². The summed E-state index contributed by atoms with van der Waals surface area (Å²) < 4.78 is 0. The van der Waals surface area contributed by atoms with Crippen molar-refractivity contribution in [2.75, 3.05) is 6.61 Å². The average molecular weight is 188 g/mol. The van der Waals surface area contributed by atoms with Crippen LogP contribution in [0.2, 0.25) is 0 Å². The maximum Gasteiger partial charge on any atom is 0.175 e. The van der Waals surface area contributed by atoms with E-state index < -0.39 is 12.9 Å². The maximum atomic E-state index is 8.65. The number of aliphatic hydroxyl groups excluding tert-OH is 2. The lowest BCUT2D eigenvalue weighted by Gasteiger charge is -1.89. The van der Waals surface area contributed by atoms with Gasteiger partial charge >= 0.3 is 0 Å². The monoisotopic (exact) mass is 188 g/mol. The van der Waals surface area contributed by atoms with Gasteiger partial charge in [-0.1, -0.05) is 0 Å². The van der Waals surface area contributed by atoms with Crippen molar-refractivity contribution in [3.63, 3.8) is 0 Å². The second kappa shape index (κ2) is 6.24. The van der Waals surface area contributed by atoms with Crippen molar-refractivity contribution < 1.29 is 25.5 Å². The first-order valence-corrected chi connectivity index (χ1v) is 3.51. The van der Waals surface area contributed by atoms with E-state index in [4.69, 9.17) is 25.5 Å². The fourth-order valence-electron chi connectivity index (χ4n) is 0.453. The highest BCUT2D eigenvalue weighted by molar-refractivity contribution is 5.28. The van der Waals surface area contributed by atoms with Crippen molar-refractivity contribution in [1.29, 1.82) is 0 Å². The average Bonchev–Trinajstić information content (AvgIpc) is 2.11. The first-order valence-electron chi connectivity index (χ1n) is 3.51. The molecule has 0 saturated carbocycles. The summed E-state index contributed by atoms with van der Waals surface area (Å²) in [4.78, 5) is 0. The Bertz CT molecular complexity index is 197. The van der Waals surface area contributed by atoms with Crippen LogP contribution < -0.4 is 0 Å². The van der Waals surface area contributed by atoms with Gasteiger partial charge in [-0.15, -0.1) is 0 Å². The van der Waals surface area contributed by atoms with Gasteiger partial charge in [-0.2, -0.15) is 0 Å². The smallest absolute Gasteiger partial charge is 0.175 e. The van der Waals surface area contributed by atoms with Gasteiger partial charge in [0, 0.05) is 0 Å². The van der Waals surface area contributed by atoms with Gasteiger partial charge in [-0.3, -0.25) is 0 Å². The third-order valence-corrected chi connectivity index (χ3v) is 1.01. The maximum absolute atomic E-state index is 8.65. The second-order valence-electron chi connectivity index (χ2n) is 2.18. The van der Waals surface area contributed by atoms with Crippen LogP contribution in [-0.4, -0.2) is 38.4 Å². The van der Waals surface area contributed by atoms with E-state index >= 15 is 0 Å². The highest BCUT2D eigenvalue weighted by Gasteiger charge is 1.85. The quantitative estimate of drug-likeness (QED) is 0.299. The van der Waals surface area contributed by atoms with Crippen molar-refractivity contribution in [2.45, 2.75) is 6.29 Å². The number of aromatic hydroxyl groups is 2. The Kier molecular flexibility index (Phi) is 5.62. The third kappa shape index (κ3) is 7.07. The van der Waals surface area contributed by atoms with Gasteiger partial charge in [-0.05, 0) is 24.3 Å². The van der Waals surface area contributed by atoms with Crippen LogP contribution in [0.25, 0.3) is 0 Å². The normalized spacial score (nSPS) is 9.23. The molecule has 0 bridgehead atoms. The van der Waals surface area contributed by atoms with Gasteiger partial charge in [0.1, 0.15) is 11.5 Å². The van der Waals surface area contributed by atoms with Gasteiger partial charge < -0.3 is 25.5 Å². The fraction of sp³-hybridized carbons (Fsp3) is 0.250. The van der Waals surface area contributed by atoms with Crippen molar-refractivity contribution in [3.8, 4) is 11.5 Å². The minimum absolute atomic E-state index is 0.169. The number of hydrogen-bond donors (Lipinski definition) is 5. The molecule has 13 heavy (non-hydrogen) atoms. The molecule has 0 atom stereocenters. The Morgan fingerprint density at radius 1 is 0.923 bits per heavy atom. The zero-order valence-electron chi connectivity index (χ0n) is 6.83. The van der Waals surface area contributed by atoms with Crippen molar-refractivity contribution in [1.82, 2.24) is 0 Å². The van der Waals surface area contributed by atoms with Crippen LogP contribution >= 0.6 is 0 Å². The Morgan fingerprint density at radius 3 is 1.31 bits per heavy atom. The molecule has 0 amide bonds. The summed E-state index contributed by atoms with van der Waals surface area (Å²) >= 11 is 0. The molecule has 74 valence electrons. The Hall–Kier alpha value is -1.30. The summed E-state index contributed by atoms with van der Waals surface area (Å²) in [6.45, 7) is -0.583. The third-order valence-electron chi connectivity index (χ3n) is 1.01. The Morgan fingerprint density at radius 2 is 1.15 bits per heavy atom. The predicted octanol–water partition coefficient (Wildman–Crippen LogP) is -0.613. The van der Waals surface area contributed by atoms with Crippen LogP contribution in [-0.2, 0) is 0 Å². The molecule has 0 radical (unpaired) electrons. The summed E-state index contributed by atoms with van der Waals surface area (Å²) in [6, 6.07) is 5.70. The summed E-state index contributed by atoms with van der Waals surface area (Å²) in [7, 11) is 0. The molecule has 5 heteroatoms. The lowest BCUT2D eigenvalue weighted by molar-refractivity contribution is -0.0747. The van der Waals surface area contributed by atoms with Crippen LogP contribution in [0.4, 0.5) is 0 Å². The lowest BCUT2D eigenvalue weighted by atomic mass is 10.3. The molecule has 0 aliphatic heterocycles. The molecule has 1 rings (SSSR count). The van der Waals surface area contributed by atoms with E-state index in [1.54, 1.807) is 0 Å². The standard InChI is InChI=1S/C6H6O2.C2H6O3/c7-5-1-2-6(8)4-3-5;3-1-2(4)5/h1-4,7-8H;2-5H,1H2. The van der Waals surface area contributed by atoms with E-state index in [0.717, 1.165) is 0 Å². The molecule has 0 aromatic heterocycles. The predicted molar refractivity (Wildman–Crippen MR) is 45.1 cm³/mol. The van der Waals surface area contributed by atoms with Gasteiger partial charge in [-0.25, -0.2) is 0 Å². The topological polar surface area (TPSA) is 101 Å². The van der Waals surface area contributed by atoms with Gasteiger partial charge in [0.15, 0.2) is 6.29 Å². The van der Waals surface area contributed by atoms with Gasteiger partial charge in [0.25, 0.3) is 0 Å². The molecule has 5 nitrogen and oxygen atoms in total. The fourth-order valence-corrected chi connectivity index (χ4v) is 0.453. The van der Waals surface area contributed by atoms with E-state index in [1.165, 1.54) is 24.3 Å². The molecular formula is C8H12O5. The lowest BCUT2D eigenvalue weighted by Crippen LogP contribution is -2.08. The van der Waals surface area contributed by atoms with Crippen LogP contribution in [0.3, 0.4) is 0 Å². The molecule has 5 N–H and O–H groups in total. The molecule has 0 fully saturated rings. The molecule has 0 saturated heterocycles. The summed E-state index contributed by atoms with van der Waals surface area (Å²) in [6.07, 6.45) is -1.56.